The van der Waals surface area contributed by atoms with Crippen LogP contribution in [0.4, 0.5) is 0 Å². The van der Waals surface area contributed by atoms with Gasteiger partial charge < -0.3 is 9.15 Å². The molecule has 4 nitrogen and oxygen atoms in total. The van der Waals surface area contributed by atoms with Crippen LogP contribution in [0.1, 0.15) is 5.76 Å². The summed E-state index contributed by atoms with van der Waals surface area (Å²) >= 11 is 3.19. The zero-order valence-electron chi connectivity index (χ0n) is 7.18. The van der Waals surface area contributed by atoms with Crippen molar-refractivity contribution in [2.75, 3.05) is 0 Å². The lowest BCUT2D eigenvalue weighted by molar-refractivity contribution is 0.259. The first kappa shape index (κ1) is 9.21. The normalized spacial score (nSPS) is 10.1. The number of nitrogens with zero attached hydrogens (tertiary/aromatic N) is 2. The minimum absolute atomic E-state index is 0.364. The maximum Gasteiger partial charge on any atom is 0.232 e. The van der Waals surface area contributed by atoms with E-state index in [4.69, 9.17) is 9.15 Å². The van der Waals surface area contributed by atoms with E-state index in [0.717, 1.165) is 5.76 Å². The van der Waals surface area contributed by atoms with Gasteiger partial charge >= 0.3 is 0 Å². The van der Waals surface area contributed by atoms with Crippen molar-refractivity contribution < 1.29 is 9.15 Å². The third-order valence-electron chi connectivity index (χ3n) is 1.54. The van der Waals surface area contributed by atoms with E-state index < -0.39 is 0 Å². The van der Waals surface area contributed by atoms with Gasteiger partial charge in [-0.15, -0.1) is 0 Å². The predicted molar refractivity (Wildman–Crippen MR) is 52.8 cm³/mol. The Hall–Kier alpha value is -1.36. The van der Waals surface area contributed by atoms with Crippen molar-refractivity contribution in [3.8, 4) is 5.88 Å². The number of rotatable bonds is 3. The minimum atomic E-state index is 0.364. The molecule has 0 atom stereocenters. The Balaban J connectivity index is 1.95. The van der Waals surface area contributed by atoms with Gasteiger partial charge in [-0.3, -0.25) is 0 Å². The Bertz CT molecular complexity index is 386. The minimum Gasteiger partial charge on any atom is -0.468 e. The quantitative estimate of drug-likeness (QED) is 0.844. The summed E-state index contributed by atoms with van der Waals surface area (Å²) in [4.78, 5) is 7.98. The van der Waals surface area contributed by atoms with Crippen LogP contribution in [0, 0.1) is 0 Å². The molecule has 0 aliphatic carbocycles. The van der Waals surface area contributed by atoms with Crippen LogP contribution in [-0.2, 0) is 6.61 Å². The third-order valence-corrected chi connectivity index (χ3v) is 1.95. The highest BCUT2D eigenvalue weighted by Crippen LogP contribution is 2.10. The molecule has 0 aromatic carbocycles. The Morgan fingerprint density at radius 3 is 2.93 bits per heavy atom. The van der Waals surface area contributed by atoms with Gasteiger partial charge in [0.15, 0.2) is 0 Å². The van der Waals surface area contributed by atoms with E-state index in [2.05, 4.69) is 25.9 Å². The van der Waals surface area contributed by atoms with Crippen molar-refractivity contribution in [1.29, 1.82) is 0 Å². The molecule has 0 amide bonds. The van der Waals surface area contributed by atoms with Gasteiger partial charge in [0.2, 0.25) is 5.88 Å². The molecule has 2 aromatic heterocycles. The van der Waals surface area contributed by atoms with E-state index in [1.54, 1.807) is 18.7 Å². The van der Waals surface area contributed by atoms with Gasteiger partial charge in [0.05, 0.1) is 18.7 Å². The fourth-order valence-electron chi connectivity index (χ4n) is 0.915. The highest BCUT2D eigenvalue weighted by molar-refractivity contribution is 9.10. The van der Waals surface area contributed by atoms with E-state index in [1.165, 1.54) is 0 Å². The van der Waals surface area contributed by atoms with Gasteiger partial charge in [0.1, 0.15) is 17.0 Å². The summed E-state index contributed by atoms with van der Waals surface area (Å²) in [6, 6.07) is 3.65. The van der Waals surface area contributed by atoms with Crippen molar-refractivity contribution in [2.24, 2.45) is 0 Å². The summed E-state index contributed by atoms with van der Waals surface area (Å²) in [5.74, 6) is 1.24. The van der Waals surface area contributed by atoms with Crippen LogP contribution < -0.4 is 4.74 Å². The second-order valence-corrected chi connectivity index (χ2v) is 3.36. The topological polar surface area (TPSA) is 48.2 Å². The first-order valence-electron chi connectivity index (χ1n) is 3.97. The molecular weight excluding hydrogens is 248 g/mol. The van der Waals surface area contributed by atoms with Gasteiger partial charge in [-0.05, 0) is 28.1 Å². The van der Waals surface area contributed by atoms with Crippen LogP contribution in [0.15, 0.2) is 39.8 Å². The second-order valence-electron chi connectivity index (χ2n) is 2.55. The highest BCUT2D eigenvalue weighted by atomic mass is 79.9. The third kappa shape index (κ3) is 2.32. The molecule has 2 aromatic rings. The van der Waals surface area contributed by atoms with E-state index in [1.807, 2.05) is 12.1 Å². The van der Waals surface area contributed by atoms with Crippen molar-refractivity contribution in [3.63, 3.8) is 0 Å². The maximum absolute atomic E-state index is 5.32. The zero-order chi connectivity index (χ0) is 9.80. The van der Waals surface area contributed by atoms with Gasteiger partial charge in [0, 0.05) is 0 Å². The molecule has 0 radical (unpaired) electrons. The van der Waals surface area contributed by atoms with Crippen LogP contribution in [0.5, 0.6) is 5.88 Å². The van der Waals surface area contributed by atoms with Gasteiger partial charge in [-0.25, -0.2) is 9.97 Å². The maximum atomic E-state index is 5.32. The summed E-state index contributed by atoms with van der Waals surface area (Å²) in [5, 5.41) is 0. The number of halogens is 1. The Morgan fingerprint density at radius 1 is 1.36 bits per heavy atom. The molecule has 0 aliphatic heterocycles. The van der Waals surface area contributed by atoms with Crippen molar-refractivity contribution in [1.82, 2.24) is 9.97 Å². The summed E-state index contributed by atoms with van der Waals surface area (Å²) < 4.78 is 11.1. The van der Waals surface area contributed by atoms with Gasteiger partial charge in [-0.2, -0.15) is 0 Å². The van der Waals surface area contributed by atoms with Crippen LogP contribution in [-0.4, -0.2) is 9.97 Å². The molecule has 0 bridgehead atoms. The monoisotopic (exact) mass is 254 g/mol. The molecule has 14 heavy (non-hydrogen) atoms. The summed E-state index contributed by atoms with van der Waals surface area (Å²) in [5.41, 5.74) is 0. The van der Waals surface area contributed by atoms with Crippen molar-refractivity contribution in [3.05, 3.63) is 41.2 Å². The average molecular weight is 255 g/mol. The van der Waals surface area contributed by atoms with Crippen LogP contribution in [0.25, 0.3) is 0 Å². The van der Waals surface area contributed by atoms with E-state index in [9.17, 15) is 0 Å². The van der Waals surface area contributed by atoms with E-state index in [-0.39, 0.29) is 0 Å². The molecular formula is C9H7BrN2O2. The van der Waals surface area contributed by atoms with E-state index >= 15 is 0 Å². The number of hydrogen-bond donors (Lipinski definition) is 0. The average Bonchev–Trinajstić information content (AvgIpc) is 2.70. The summed E-state index contributed by atoms with van der Waals surface area (Å²) in [7, 11) is 0. The van der Waals surface area contributed by atoms with Crippen LogP contribution in [0.3, 0.4) is 0 Å². The lowest BCUT2D eigenvalue weighted by atomic mass is 10.5. The number of furan rings is 1. The molecule has 0 aliphatic rings. The Labute approximate surface area is 89.1 Å². The first-order chi connectivity index (χ1) is 6.84. The molecule has 0 saturated carbocycles. The fraction of sp³-hybridized carbons (Fsp3) is 0.111. The Kier molecular flexibility index (Phi) is 2.78. The predicted octanol–water partition coefficient (Wildman–Crippen LogP) is 2.41. The largest absolute Gasteiger partial charge is 0.468 e. The highest BCUT2D eigenvalue weighted by Gasteiger charge is 1.99. The van der Waals surface area contributed by atoms with E-state index in [0.29, 0.717) is 17.1 Å². The number of hydrogen-bond acceptors (Lipinski definition) is 4. The molecule has 0 fully saturated rings. The molecule has 0 spiro atoms. The summed E-state index contributed by atoms with van der Waals surface area (Å²) in [6.07, 6.45) is 4.73. The number of ether oxygens (including phenoxy) is 1. The molecule has 72 valence electrons. The zero-order valence-corrected chi connectivity index (χ0v) is 8.77. The fourth-order valence-corrected chi connectivity index (χ4v) is 1.12. The van der Waals surface area contributed by atoms with Crippen LogP contribution >= 0.6 is 15.9 Å². The molecule has 2 heterocycles. The summed E-state index contributed by atoms with van der Waals surface area (Å²) in [6.45, 7) is 0.364. The molecule has 0 saturated heterocycles. The van der Waals surface area contributed by atoms with Crippen molar-refractivity contribution >= 4 is 15.9 Å². The number of aromatic nitrogens is 2. The van der Waals surface area contributed by atoms with Gasteiger partial charge in [-0.1, -0.05) is 0 Å². The SMILES string of the molecule is Brc1cnc(OCc2ccco2)cn1. The molecule has 5 heteroatoms. The molecule has 0 unspecified atom stereocenters. The molecule has 2 rings (SSSR count). The molecule has 0 N–H and O–H groups in total. The van der Waals surface area contributed by atoms with Crippen LogP contribution in [0.2, 0.25) is 0 Å². The second kappa shape index (κ2) is 4.23. The lowest BCUT2D eigenvalue weighted by Gasteiger charge is -2.01. The standard InChI is InChI=1S/C9H7BrN2O2/c10-8-4-12-9(5-11-8)14-6-7-2-1-3-13-7/h1-5H,6H2. The lowest BCUT2D eigenvalue weighted by Crippen LogP contribution is -1.96. The first-order valence-corrected chi connectivity index (χ1v) is 4.76. The smallest absolute Gasteiger partial charge is 0.232 e. The Morgan fingerprint density at radius 2 is 2.29 bits per heavy atom. The van der Waals surface area contributed by atoms with Gasteiger partial charge in [0.25, 0.3) is 0 Å². The van der Waals surface area contributed by atoms with Crippen molar-refractivity contribution in [2.45, 2.75) is 6.61 Å².